The molecule has 0 aliphatic heterocycles. The number of hydrogen-bond donors (Lipinski definition) is 4. The summed E-state index contributed by atoms with van der Waals surface area (Å²) in [5.41, 5.74) is 0.223. The zero-order valence-corrected chi connectivity index (χ0v) is 14.5. The predicted octanol–water partition coefficient (Wildman–Crippen LogP) is 2.73. The molecular formula is C18H19F2N3O4. The number of rotatable bonds is 7. The van der Waals surface area contributed by atoms with Crippen LogP contribution >= 0.6 is 0 Å². The van der Waals surface area contributed by atoms with Crippen molar-refractivity contribution >= 4 is 23.3 Å². The van der Waals surface area contributed by atoms with Crippen LogP contribution in [-0.4, -0.2) is 37.3 Å². The molecule has 0 aliphatic rings. The fourth-order valence-corrected chi connectivity index (χ4v) is 2.24. The van der Waals surface area contributed by atoms with Gasteiger partial charge in [0.05, 0.1) is 18.4 Å². The summed E-state index contributed by atoms with van der Waals surface area (Å²) in [6, 6.07) is 6.24. The lowest BCUT2D eigenvalue weighted by molar-refractivity contribution is 0.0952. The van der Waals surface area contributed by atoms with Crippen LogP contribution < -0.4 is 20.7 Å². The van der Waals surface area contributed by atoms with Gasteiger partial charge in [0.25, 0.3) is 5.91 Å². The minimum atomic E-state index is -0.837. The molecule has 0 bridgehead atoms. The molecule has 0 heterocycles. The number of halogens is 2. The third-order valence-corrected chi connectivity index (χ3v) is 3.46. The Morgan fingerprint density at radius 1 is 1.07 bits per heavy atom. The Labute approximate surface area is 154 Å². The number of methoxy groups -OCH3 is 1. The molecule has 2 aromatic carbocycles. The number of amides is 3. The van der Waals surface area contributed by atoms with Gasteiger partial charge in [-0.2, -0.15) is 0 Å². The van der Waals surface area contributed by atoms with E-state index in [1.165, 1.54) is 19.2 Å². The minimum Gasteiger partial charge on any atom is -0.497 e. The largest absolute Gasteiger partial charge is 0.497 e. The molecule has 0 saturated carbocycles. The predicted molar refractivity (Wildman–Crippen MR) is 96.0 cm³/mol. The van der Waals surface area contributed by atoms with Gasteiger partial charge in [0.2, 0.25) is 0 Å². The molecule has 4 N–H and O–H groups in total. The Morgan fingerprint density at radius 3 is 2.41 bits per heavy atom. The Kier molecular flexibility index (Phi) is 7.07. The normalized spacial score (nSPS) is 10.2. The number of urea groups is 1. The van der Waals surface area contributed by atoms with Crippen LogP contribution in [0.5, 0.6) is 5.75 Å². The Bertz CT molecular complexity index is 810. The molecule has 0 atom stereocenters. The van der Waals surface area contributed by atoms with E-state index >= 15 is 0 Å². The highest BCUT2D eigenvalue weighted by molar-refractivity contribution is 6.06. The fourth-order valence-electron chi connectivity index (χ4n) is 2.24. The van der Waals surface area contributed by atoms with Gasteiger partial charge in [-0.25, -0.2) is 13.6 Å². The first kappa shape index (κ1) is 20.1. The monoisotopic (exact) mass is 379 g/mol. The summed E-state index contributed by atoms with van der Waals surface area (Å²) in [5.74, 6) is -1.74. The van der Waals surface area contributed by atoms with Gasteiger partial charge in [-0.1, -0.05) is 0 Å². The topological polar surface area (TPSA) is 99.7 Å². The molecule has 27 heavy (non-hydrogen) atoms. The van der Waals surface area contributed by atoms with E-state index in [1.54, 1.807) is 6.07 Å². The van der Waals surface area contributed by atoms with Crippen LogP contribution in [0.15, 0.2) is 36.4 Å². The second-order valence-corrected chi connectivity index (χ2v) is 5.48. The summed E-state index contributed by atoms with van der Waals surface area (Å²) in [4.78, 5) is 24.4. The van der Waals surface area contributed by atoms with Gasteiger partial charge in [-0.05, 0) is 30.7 Å². The van der Waals surface area contributed by atoms with Crippen LogP contribution in [0.1, 0.15) is 16.8 Å². The lowest BCUT2D eigenvalue weighted by Gasteiger charge is -2.13. The van der Waals surface area contributed by atoms with Crippen molar-refractivity contribution in [1.82, 2.24) is 5.32 Å². The SMILES string of the molecule is COc1ccc(C(=O)NCCCO)c(NC(=O)Nc2cc(F)cc(F)c2)c1. The van der Waals surface area contributed by atoms with Gasteiger partial charge in [0, 0.05) is 31.0 Å². The number of aliphatic hydroxyl groups excluding tert-OH is 1. The van der Waals surface area contributed by atoms with Crippen molar-refractivity contribution in [1.29, 1.82) is 0 Å². The van der Waals surface area contributed by atoms with E-state index in [9.17, 15) is 18.4 Å². The summed E-state index contributed by atoms with van der Waals surface area (Å²) < 4.78 is 31.5. The number of aliphatic hydroxyl groups is 1. The van der Waals surface area contributed by atoms with E-state index in [1.807, 2.05) is 0 Å². The van der Waals surface area contributed by atoms with Gasteiger partial charge in [-0.3, -0.25) is 4.79 Å². The van der Waals surface area contributed by atoms with Crippen molar-refractivity contribution in [2.24, 2.45) is 0 Å². The third kappa shape index (κ3) is 5.93. The van der Waals surface area contributed by atoms with Gasteiger partial charge in [0.1, 0.15) is 17.4 Å². The van der Waals surface area contributed by atoms with Crippen LogP contribution in [0.3, 0.4) is 0 Å². The molecule has 144 valence electrons. The maximum Gasteiger partial charge on any atom is 0.323 e. The first-order chi connectivity index (χ1) is 12.9. The maximum absolute atomic E-state index is 13.2. The van der Waals surface area contributed by atoms with Crippen LogP contribution in [0, 0.1) is 11.6 Å². The number of benzene rings is 2. The molecule has 2 aromatic rings. The first-order valence-corrected chi connectivity index (χ1v) is 8.04. The van der Waals surface area contributed by atoms with Gasteiger partial charge < -0.3 is 25.8 Å². The quantitative estimate of drug-likeness (QED) is 0.556. The first-order valence-electron chi connectivity index (χ1n) is 8.04. The van der Waals surface area contributed by atoms with Crippen molar-refractivity contribution < 1.29 is 28.2 Å². The highest BCUT2D eigenvalue weighted by Crippen LogP contribution is 2.23. The number of hydrogen-bond acceptors (Lipinski definition) is 4. The summed E-state index contributed by atoms with van der Waals surface area (Å²) in [6.45, 7) is 0.191. The molecule has 0 saturated heterocycles. The average Bonchev–Trinajstić information content (AvgIpc) is 2.60. The van der Waals surface area contributed by atoms with Crippen LogP contribution in [-0.2, 0) is 0 Å². The Morgan fingerprint density at radius 2 is 1.78 bits per heavy atom. The molecule has 0 unspecified atom stereocenters. The molecule has 0 spiro atoms. The molecular weight excluding hydrogens is 360 g/mol. The Hall–Kier alpha value is -3.20. The number of anilines is 2. The molecule has 3 amide bonds. The van der Waals surface area contributed by atoms with Gasteiger partial charge >= 0.3 is 6.03 Å². The average molecular weight is 379 g/mol. The summed E-state index contributed by atoms with van der Waals surface area (Å²) in [7, 11) is 1.43. The summed E-state index contributed by atoms with van der Waals surface area (Å²) >= 11 is 0. The molecule has 2 rings (SSSR count). The molecule has 0 radical (unpaired) electrons. The van der Waals surface area contributed by atoms with Gasteiger partial charge in [-0.15, -0.1) is 0 Å². The second kappa shape index (κ2) is 9.48. The molecule has 9 heteroatoms. The van der Waals surface area contributed by atoms with Gasteiger partial charge in [0.15, 0.2) is 0 Å². The second-order valence-electron chi connectivity index (χ2n) is 5.48. The van der Waals surface area contributed by atoms with E-state index in [4.69, 9.17) is 9.84 Å². The number of carbonyl (C=O) groups excluding carboxylic acids is 2. The number of nitrogens with one attached hydrogen (secondary N) is 3. The third-order valence-electron chi connectivity index (χ3n) is 3.46. The number of ether oxygens (including phenoxy) is 1. The lowest BCUT2D eigenvalue weighted by atomic mass is 10.1. The summed E-state index contributed by atoms with van der Waals surface area (Å²) in [5, 5.41) is 16.1. The van der Waals surface area contributed by atoms with E-state index in [-0.39, 0.29) is 30.1 Å². The lowest BCUT2D eigenvalue weighted by Crippen LogP contribution is -2.27. The number of carbonyl (C=O) groups is 2. The summed E-state index contributed by atoms with van der Waals surface area (Å²) in [6.07, 6.45) is 0.385. The zero-order valence-electron chi connectivity index (χ0n) is 14.5. The van der Waals surface area contributed by atoms with E-state index in [2.05, 4.69) is 16.0 Å². The minimum absolute atomic E-state index is 0.0688. The molecule has 7 nitrogen and oxygen atoms in total. The van der Waals surface area contributed by atoms with Crippen LogP contribution in [0.2, 0.25) is 0 Å². The molecule has 0 aromatic heterocycles. The van der Waals surface area contributed by atoms with Crippen LogP contribution in [0.25, 0.3) is 0 Å². The van der Waals surface area contributed by atoms with E-state index in [0.717, 1.165) is 12.1 Å². The maximum atomic E-state index is 13.2. The fraction of sp³-hybridized carbons (Fsp3) is 0.222. The standard InChI is InChI=1S/C18H19F2N3O4/c1-27-14-3-4-15(17(25)21-5-2-6-24)16(10-14)23-18(26)22-13-8-11(19)7-12(20)9-13/h3-4,7-10,24H,2,5-6H2,1H3,(H,21,25)(H2,22,23,26). The molecule has 0 fully saturated rings. The van der Waals surface area contributed by atoms with Crippen LogP contribution in [0.4, 0.5) is 25.0 Å². The Balaban J connectivity index is 2.17. The van der Waals surface area contributed by atoms with Crippen molar-refractivity contribution in [2.45, 2.75) is 6.42 Å². The van der Waals surface area contributed by atoms with Crippen molar-refractivity contribution in [2.75, 3.05) is 30.9 Å². The molecule has 0 aliphatic carbocycles. The zero-order chi connectivity index (χ0) is 19.8. The van der Waals surface area contributed by atoms with Crippen molar-refractivity contribution in [3.8, 4) is 5.75 Å². The smallest absolute Gasteiger partial charge is 0.323 e. The highest BCUT2D eigenvalue weighted by Gasteiger charge is 2.15. The highest BCUT2D eigenvalue weighted by atomic mass is 19.1. The van der Waals surface area contributed by atoms with E-state index < -0.39 is 23.6 Å². The van der Waals surface area contributed by atoms with Crippen molar-refractivity contribution in [3.63, 3.8) is 0 Å². The van der Waals surface area contributed by atoms with E-state index in [0.29, 0.717) is 18.2 Å². The van der Waals surface area contributed by atoms with Crippen molar-refractivity contribution in [3.05, 3.63) is 53.6 Å².